The van der Waals surface area contributed by atoms with E-state index in [2.05, 4.69) is 35.6 Å². The third-order valence-corrected chi connectivity index (χ3v) is 3.71. The van der Waals surface area contributed by atoms with Gasteiger partial charge in [-0.3, -0.25) is 0 Å². The van der Waals surface area contributed by atoms with E-state index in [1.54, 1.807) is 0 Å². The van der Waals surface area contributed by atoms with Gasteiger partial charge in [0.2, 0.25) is 0 Å². The summed E-state index contributed by atoms with van der Waals surface area (Å²) in [4.78, 5) is 0. The molecule has 0 bridgehead atoms. The zero-order chi connectivity index (χ0) is 12.1. The summed E-state index contributed by atoms with van der Waals surface area (Å²) in [5, 5.41) is 3.42. The first-order chi connectivity index (χ1) is 8.35. The van der Waals surface area contributed by atoms with Gasteiger partial charge in [0.05, 0.1) is 6.10 Å². The molecule has 1 saturated carbocycles. The average molecular weight is 233 g/mol. The van der Waals surface area contributed by atoms with Crippen LogP contribution in [-0.4, -0.2) is 26.3 Å². The van der Waals surface area contributed by atoms with Crippen molar-refractivity contribution in [2.45, 2.75) is 37.8 Å². The van der Waals surface area contributed by atoms with Crippen molar-refractivity contribution in [2.75, 3.05) is 14.2 Å². The van der Waals surface area contributed by atoms with E-state index >= 15 is 0 Å². The second kappa shape index (κ2) is 6.18. The van der Waals surface area contributed by atoms with E-state index in [4.69, 9.17) is 4.74 Å². The van der Waals surface area contributed by atoms with E-state index in [1.807, 2.05) is 14.2 Å². The number of hydrogen-bond acceptors (Lipinski definition) is 2. The fourth-order valence-corrected chi connectivity index (χ4v) is 2.55. The summed E-state index contributed by atoms with van der Waals surface area (Å²) >= 11 is 0. The third kappa shape index (κ3) is 3.55. The number of likely N-dealkylation sites (N-methyl/N-ethyl adjacent to an activating group) is 1. The molecule has 0 spiro atoms. The zero-order valence-corrected chi connectivity index (χ0v) is 10.9. The Labute approximate surface area is 104 Å². The Morgan fingerprint density at radius 1 is 1.29 bits per heavy atom. The highest BCUT2D eigenvalue weighted by Crippen LogP contribution is 2.36. The van der Waals surface area contributed by atoms with Crippen molar-refractivity contribution < 1.29 is 4.74 Å². The molecule has 94 valence electrons. The summed E-state index contributed by atoms with van der Waals surface area (Å²) in [6.07, 6.45) is 5.34. The Hall–Kier alpha value is -0.860. The van der Waals surface area contributed by atoms with Crippen molar-refractivity contribution in [1.29, 1.82) is 0 Å². The van der Waals surface area contributed by atoms with E-state index in [1.165, 1.54) is 18.4 Å². The molecule has 1 N–H and O–H groups in total. The maximum absolute atomic E-state index is 5.65. The van der Waals surface area contributed by atoms with Crippen LogP contribution >= 0.6 is 0 Å². The quantitative estimate of drug-likeness (QED) is 0.781. The summed E-state index contributed by atoms with van der Waals surface area (Å²) < 4.78 is 5.65. The predicted molar refractivity (Wildman–Crippen MR) is 71.1 cm³/mol. The summed E-state index contributed by atoms with van der Waals surface area (Å²) in [6, 6.07) is 11.2. The molecule has 0 saturated heterocycles. The molecule has 0 aliphatic heterocycles. The molecule has 17 heavy (non-hydrogen) atoms. The molecule has 0 heterocycles. The SMILES string of the molecule is CNC(CCc1ccccc1)C(OC)C1CC1. The van der Waals surface area contributed by atoms with Crippen LogP contribution in [0.5, 0.6) is 0 Å². The summed E-state index contributed by atoms with van der Waals surface area (Å²) in [7, 11) is 3.89. The highest BCUT2D eigenvalue weighted by Gasteiger charge is 2.35. The van der Waals surface area contributed by atoms with Gasteiger partial charge in [0.15, 0.2) is 0 Å². The molecule has 1 aliphatic carbocycles. The van der Waals surface area contributed by atoms with Gasteiger partial charge >= 0.3 is 0 Å². The van der Waals surface area contributed by atoms with Crippen LogP contribution in [0.1, 0.15) is 24.8 Å². The number of benzene rings is 1. The second-order valence-corrected chi connectivity index (χ2v) is 4.96. The van der Waals surface area contributed by atoms with Crippen molar-refractivity contribution in [3.63, 3.8) is 0 Å². The van der Waals surface area contributed by atoms with Crippen molar-refractivity contribution in [3.8, 4) is 0 Å². The average Bonchev–Trinajstić information content (AvgIpc) is 3.20. The number of methoxy groups -OCH3 is 1. The Kier molecular flexibility index (Phi) is 4.57. The normalized spacial score (nSPS) is 18.9. The van der Waals surface area contributed by atoms with Crippen LogP contribution in [-0.2, 0) is 11.2 Å². The summed E-state index contributed by atoms with van der Waals surface area (Å²) in [5.41, 5.74) is 1.42. The molecule has 2 rings (SSSR count). The van der Waals surface area contributed by atoms with E-state index in [-0.39, 0.29) is 0 Å². The molecule has 2 unspecified atom stereocenters. The van der Waals surface area contributed by atoms with Crippen molar-refractivity contribution >= 4 is 0 Å². The topological polar surface area (TPSA) is 21.3 Å². The van der Waals surface area contributed by atoms with Crippen LogP contribution in [0, 0.1) is 5.92 Å². The largest absolute Gasteiger partial charge is 0.380 e. The molecular weight excluding hydrogens is 210 g/mol. The Morgan fingerprint density at radius 3 is 2.53 bits per heavy atom. The first-order valence-electron chi connectivity index (χ1n) is 6.59. The number of rotatable bonds is 7. The maximum Gasteiger partial charge on any atom is 0.0752 e. The first kappa shape index (κ1) is 12.6. The summed E-state index contributed by atoms with van der Waals surface area (Å²) in [5.74, 6) is 0.785. The Bertz CT molecular complexity index is 321. The first-order valence-corrected chi connectivity index (χ1v) is 6.59. The zero-order valence-electron chi connectivity index (χ0n) is 10.9. The molecule has 1 aromatic carbocycles. The number of nitrogens with one attached hydrogen (secondary N) is 1. The lowest BCUT2D eigenvalue weighted by atomic mass is 9.98. The van der Waals surface area contributed by atoms with Gasteiger partial charge in [0.1, 0.15) is 0 Å². The van der Waals surface area contributed by atoms with Crippen molar-refractivity contribution in [2.24, 2.45) is 5.92 Å². The van der Waals surface area contributed by atoms with Crippen molar-refractivity contribution in [1.82, 2.24) is 5.32 Å². The van der Waals surface area contributed by atoms with Crippen LogP contribution in [0.4, 0.5) is 0 Å². The number of hydrogen-bond donors (Lipinski definition) is 1. The van der Waals surface area contributed by atoms with E-state index in [0.29, 0.717) is 12.1 Å². The molecule has 1 aliphatic rings. The van der Waals surface area contributed by atoms with Gasteiger partial charge in [-0.2, -0.15) is 0 Å². The molecule has 1 fully saturated rings. The van der Waals surface area contributed by atoms with Gasteiger partial charge in [-0.1, -0.05) is 30.3 Å². The minimum atomic E-state index is 0.392. The third-order valence-electron chi connectivity index (χ3n) is 3.71. The minimum absolute atomic E-state index is 0.392. The van der Waals surface area contributed by atoms with Gasteiger partial charge in [-0.05, 0) is 44.2 Å². The highest BCUT2D eigenvalue weighted by atomic mass is 16.5. The number of ether oxygens (including phenoxy) is 1. The van der Waals surface area contributed by atoms with Crippen LogP contribution < -0.4 is 5.32 Å². The van der Waals surface area contributed by atoms with Crippen molar-refractivity contribution in [3.05, 3.63) is 35.9 Å². The Morgan fingerprint density at radius 2 is 2.00 bits per heavy atom. The van der Waals surface area contributed by atoms with Crippen LogP contribution in [0.25, 0.3) is 0 Å². The van der Waals surface area contributed by atoms with Crippen LogP contribution in [0.3, 0.4) is 0 Å². The van der Waals surface area contributed by atoms with E-state index in [9.17, 15) is 0 Å². The lowest BCUT2D eigenvalue weighted by Crippen LogP contribution is -2.40. The van der Waals surface area contributed by atoms with E-state index < -0.39 is 0 Å². The van der Waals surface area contributed by atoms with Gasteiger partial charge in [0.25, 0.3) is 0 Å². The molecule has 0 aromatic heterocycles. The summed E-state index contributed by atoms with van der Waals surface area (Å²) in [6.45, 7) is 0. The molecular formula is C15H23NO. The number of aryl methyl sites for hydroxylation is 1. The molecule has 2 nitrogen and oxygen atoms in total. The fraction of sp³-hybridized carbons (Fsp3) is 0.600. The van der Waals surface area contributed by atoms with Gasteiger partial charge in [-0.15, -0.1) is 0 Å². The fourth-order valence-electron chi connectivity index (χ4n) is 2.55. The van der Waals surface area contributed by atoms with Gasteiger partial charge < -0.3 is 10.1 Å². The van der Waals surface area contributed by atoms with Gasteiger partial charge in [0, 0.05) is 13.2 Å². The molecule has 1 aromatic rings. The lowest BCUT2D eigenvalue weighted by Gasteiger charge is -2.25. The monoisotopic (exact) mass is 233 g/mol. The minimum Gasteiger partial charge on any atom is -0.380 e. The standard InChI is InChI=1S/C15H23NO/c1-16-14(15(17-2)13-9-10-13)11-8-12-6-4-3-5-7-12/h3-7,13-16H,8-11H2,1-2H3. The molecule has 2 atom stereocenters. The van der Waals surface area contributed by atoms with Crippen LogP contribution in [0.15, 0.2) is 30.3 Å². The van der Waals surface area contributed by atoms with E-state index in [0.717, 1.165) is 18.8 Å². The molecule has 2 heteroatoms. The maximum atomic E-state index is 5.65. The van der Waals surface area contributed by atoms with Gasteiger partial charge in [-0.25, -0.2) is 0 Å². The Balaban J connectivity index is 1.86. The highest BCUT2D eigenvalue weighted by molar-refractivity contribution is 5.15. The smallest absolute Gasteiger partial charge is 0.0752 e. The molecule has 0 radical (unpaired) electrons. The molecule has 0 amide bonds. The van der Waals surface area contributed by atoms with Crippen LogP contribution in [0.2, 0.25) is 0 Å². The second-order valence-electron chi connectivity index (χ2n) is 4.96. The predicted octanol–water partition coefficient (Wildman–Crippen LogP) is 2.63. The lowest BCUT2D eigenvalue weighted by molar-refractivity contribution is 0.0508.